The molecule has 1 unspecified atom stereocenters. The van der Waals surface area contributed by atoms with Crippen molar-refractivity contribution >= 4 is 5.82 Å². The molecule has 0 spiro atoms. The maximum atomic E-state index is 12.5. The average Bonchev–Trinajstić information content (AvgIpc) is 2.67. The lowest BCUT2D eigenvalue weighted by Crippen LogP contribution is -2.23. The van der Waals surface area contributed by atoms with E-state index in [1.54, 1.807) is 12.4 Å². The van der Waals surface area contributed by atoms with Crippen LogP contribution in [0.4, 0.5) is 14.6 Å². The fraction of sp³-hybridized carbons (Fsp3) is 0.600. The Labute approximate surface area is 87.1 Å². The maximum Gasteiger partial charge on any atom is 0.243 e. The summed E-state index contributed by atoms with van der Waals surface area (Å²) < 4.78 is 24.9. The van der Waals surface area contributed by atoms with E-state index in [1.807, 2.05) is 11.8 Å². The predicted octanol–water partition coefficient (Wildman–Crippen LogP) is 1.88. The Hall–Kier alpha value is -1.26. The van der Waals surface area contributed by atoms with Gasteiger partial charge in [-0.25, -0.2) is 13.8 Å². The normalized spacial score (nSPS) is 21.3. The number of aromatic nitrogens is 2. The van der Waals surface area contributed by atoms with E-state index in [-0.39, 0.29) is 0 Å². The third-order valence-electron chi connectivity index (χ3n) is 2.74. The van der Waals surface area contributed by atoms with Crippen molar-refractivity contribution in [2.75, 3.05) is 18.0 Å². The molecule has 1 aliphatic heterocycles. The van der Waals surface area contributed by atoms with Crippen molar-refractivity contribution in [1.29, 1.82) is 0 Å². The molecule has 0 radical (unpaired) electrons. The van der Waals surface area contributed by atoms with Gasteiger partial charge in [0.2, 0.25) is 6.43 Å². The first kappa shape index (κ1) is 10.3. The van der Waals surface area contributed by atoms with Crippen LogP contribution in [0.1, 0.15) is 12.1 Å². The molecule has 1 aliphatic rings. The van der Waals surface area contributed by atoms with Gasteiger partial charge in [0, 0.05) is 31.4 Å². The van der Waals surface area contributed by atoms with Crippen LogP contribution >= 0.6 is 0 Å². The van der Waals surface area contributed by atoms with Crippen LogP contribution in [-0.4, -0.2) is 29.5 Å². The minimum Gasteiger partial charge on any atom is -0.355 e. The molecule has 1 aromatic rings. The van der Waals surface area contributed by atoms with Crippen molar-refractivity contribution in [1.82, 2.24) is 9.97 Å². The van der Waals surface area contributed by atoms with Crippen LogP contribution in [0.5, 0.6) is 0 Å². The van der Waals surface area contributed by atoms with Crippen molar-refractivity contribution in [2.24, 2.45) is 5.92 Å². The summed E-state index contributed by atoms with van der Waals surface area (Å²) >= 11 is 0. The van der Waals surface area contributed by atoms with Gasteiger partial charge < -0.3 is 4.90 Å². The Morgan fingerprint density at radius 3 is 2.73 bits per heavy atom. The number of aryl methyl sites for hydroxylation is 1. The minimum absolute atomic E-state index is 0.386. The van der Waals surface area contributed by atoms with Crippen LogP contribution in [0.25, 0.3) is 0 Å². The lowest BCUT2D eigenvalue weighted by atomic mass is 10.1. The molecular formula is C10H13F2N3. The Balaban J connectivity index is 2.11. The monoisotopic (exact) mass is 213 g/mol. The van der Waals surface area contributed by atoms with Crippen molar-refractivity contribution < 1.29 is 8.78 Å². The molecule has 0 N–H and O–H groups in total. The molecule has 0 aliphatic carbocycles. The summed E-state index contributed by atoms with van der Waals surface area (Å²) in [7, 11) is 0. The van der Waals surface area contributed by atoms with Gasteiger partial charge in [-0.15, -0.1) is 0 Å². The Bertz CT molecular complexity index is 343. The second kappa shape index (κ2) is 4.08. The number of halogens is 2. The number of hydrogen-bond acceptors (Lipinski definition) is 3. The van der Waals surface area contributed by atoms with E-state index in [0.717, 1.165) is 11.5 Å². The first-order valence-corrected chi connectivity index (χ1v) is 4.99. The molecule has 0 aromatic carbocycles. The summed E-state index contributed by atoms with van der Waals surface area (Å²) in [5.74, 6) is 0.215. The number of rotatable bonds is 2. The van der Waals surface area contributed by atoms with Gasteiger partial charge in [-0.05, 0) is 13.3 Å². The predicted molar refractivity (Wildman–Crippen MR) is 53.1 cm³/mol. The quantitative estimate of drug-likeness (QED) is 0.751. The van der Waals surface area contributed by atoms with Crippen molar-refractivity contribution in [2.45, 2.75) is 19.8 Å². The standard InChI is InChI=1S/C10H13F2N3/c1-7-10(14-4-3-13-7)15-5-2-8(6-15)9(11)12/h3-4,8-9H,2,5-6H2,1H3. The average molecular weight is 213 g/mol. The van der Waals surface area contributed by atoms with E-state index in [9.17, 15) is 8.78 Å². The fourth-order valence-corrected chi connectivity index (χ4v) is 1.90. The number of anilines is 1. The minimum atomic E-state index is -2.23. The van der Waals surface area contributed by atoms with Crippen molar-refractivity contribution in [3.05, 3.63) is 18.1 Å². The molecule has 0 bridgehead atoms. The van der Waals surface area contributed by atoms with Gasteiger partial charge in [0.1, 0.15) is 5.82 Å². The highest BCUT2D eigenvalue weighted by atomic mass is 19.3. The summed E-state index contributed by atoms with van der Waals surface area (Å²) in [6, 6.07) is 0. The van der Waals surface area contributed by atoms with Gasteiger partial charge in [-0.3, -0.25) is 4.98 Å². The molecule has 2 rings (SSSR count). The number of hydrogen-bond donors (Lipinski definition) is 0. The third kappa shape index (κ3) is 2.06. The van der Waals surface area contributed by atoms with E-state index in [0.29, 0.717) is 19.5 Å². The fourth-order valence-electron chi connectivity index (χ4n) is 1.90. The molecule has 1 fully saturated rings. The molecule has 2 heterocycles. The third-order valence-corrected chi connectivity index (χ3v) is 2.74. The zero-order chi connectivity index (χ0) is 10.8. The summed E-state index contributed by atoms with van der Waals surface area (Å²) in [6.07, 6.45) is 1.51. The molecular weight excluding hydrogens is 200 g/mol. The molecule has 82 valence electrons. The van der Waals surface area contributed by atoms with E-state index in [1.165, 1.54) is 0 Å². The molecule has 1 aromatic heterocycles. The highest BCUT2D eigenvalue weighted by molar-refractivity contribution is 5.43. The molecule has 1 saturated heterocycles. The van der Waals surface area contributed by atoms with E-state index in [2.05, 4.69) is 9.97 Å². The van der Waals surface area contributed by atoms with Gasteiger partial charge in [0.25, 0.3) is 0 Å². The first-order chi connectivity index (χ1) is 7.18. The van der Waals surface area contributed by atoms with E-state index < -0.39 is 12.3 Å². The number of alkyl halides is 2. The second-order valence-electron chi connectivity index (χ2n) is 3.79. The van der Waals surface area contributed by atoms with Crippen molar-refractivity contribution in [3.8, 4) is 0 Å². The molecule has 1 atom stereocenters. The Morgan fingerprint density at radius 2 is 2.13 bits per heavy atom. The molecule has 0 saturated carbocycles. The summed E-state index contributed by atoms with van der Waals surface area (Å²) in [6.45, 7) is 2.88. The molecule has 15 heavy (non-hydrogen) atoms. The Kier molecular flexibility index (Phi) is 2.79. The summed E-state index contributed by atoms with van der Waals surface area (Å²) in [4.78, 5) is 10.2. The largest absolute Gasteiger partial charge is 0.355 e. The molecule has 0 amide bonds. The SMILES string of the molecule is Cc1nccnc1N1CCC(C(F)F)C1. The lowest BCUT2D eigenvalue weighted by Gasteiger charge is -2.18. The van der Waals surface area contributed by atoms with Gasteiger partial charge in [0.15, 0.2) is 0 Å². The number of nitrogens with zero attached hydrogens (tertiary/aromatic N) is 3. The summed E-state index contributed by atoms with van der Waals surface area (Å²) in [5, 5.41) is 0. The van der Waals surface area contributed by atoms with Crippen LogP contribution in [0, 0.1) is 12.8 Å². The highest BCUT2D eigenvalue weighted by Gasteiger charge is 2.30. The first-order valence-electron chi connectivity index (χ1n) is 4.99. The van der Waals surface area contributed by atoms with Crippen LogP contribution in [-0.2, 0) is 0 Å². The summed E-state index contributed by atoms with van der Waals surface area (Å²) in [5.41, 5.74) is 0.799. The molecule has 5 heteroatoms. The smallest absolute Gasteiger partial charge is 0.243 e. The van der Waals surface area contributed by atoms with Crippen LogP contribution in [0.3, 0.4) is 0 Å². The molecule has 3 nitrogen and oxygen atoms in total. The van der Waals surface area contributed by atoms with Gasteiger partial charge in [-0.1, -0.05) is 0 Å². The maximum absolute atomic E-state index is 12.5. The topological polar surface area (TPSA) is 29.0 Å². The Morgan fingerprint density at radius 1 is 1.40 bits per heavy atom. The highest BCUT2D eigenvalue weighted by Crippen LogP contribution is 2.27. The zero-order valence-electron chi connectivity index (χ0n) is 8.53. The van der Waals surface area contributed by atoms with Gasteiger partial charge in [-0.2, -0.15) is 0 Å². The van der Waals surface area contributed by atoms with Crippen LogP contribution in [0.2, 0.25) is 0 Å². The van der Waals surface area contributed by atoms with Gasteiger partial charge in [0.05, 0.1) is 5.69 Å². The van der Waals surface area contributed by atoms with Gasteiger partial charge >= 0.3 is 0 Å². The zero-order valence-corrected chi connectivity index (χ0v) is 8.53. The van der Waals surface area contributed by atoms with Crippen LogP contribution < -0.4 is 4.90 Å². The van der Waals surface area contributed by atoms with Crippen LogP contribution in [0.15, 0.2) is 12.4 Å². The van der Waals surface area contributed by atoms with Crippen molar-refractivity contribution in [3.63, 3.8) is 0 Å². The van der Waals surface area contributed by atoms with E-state index >= 15 is 0 Å². The van der Waals surface area contributed by atoms with E-state index in [4.69, 9.17) is 0 Å². The second-order valence-corrected chi connectivity index (χ2v) is 3.79. The lowest BCUT2D eigenvalue weighted by molar-refractivity contribution is 0.0880.